The topological polar surface area (TPSA) is 15.3 Å². The molecular formula is C12H12N2S3. The van der Waals surface area contributed by atoms with Crippen LogP contribution in [0.1, 0.15) is 11.1 Å². The van der Waals surface area contributed by atoms with E-state index in [2.05, 4.69) is 35.3 Å². The molecule has 1 aromatic rings. The van der Waals surface area contributed by atoms with E-state index in [9.17, 15) is 0 Å². The van der Waals surface area contributed by atoms with Crippen molar-refractivity contribution in [2.45, 2.75) is 13.0 Å². The lowest BCUT2D eigenvalue weighted by molar-refractivity contribution is 0.499. The Morgan fingerprint density at radius 3 is 3.06 bits per heavy atom. The number of hydrogen-bond acceptors (Lipinski definition) is 3. The Morgan fingerprint density at radius 1 is 1.41 bits per heavy atom. The zero-order valence-electron chi connectivity index (χ0n) is 9.40. The van der Waals surface area contributed by atoms with Crippen molar-refractivity contribution in [1.82, 2.24) is 4.90 Å². The highest BCUT2D eigenvalue weighted by Crippen LogP contribution is 2.31. The van der Waals surface area contributed by atoms with Crippen molar-refractivity contribution >= 4 is 51.9 Å². The molecule has 2 heterocycles. The van der Waals surface area contributed by atoms with Crippen LogP contribution >= 0.6 is 36.2 Å². The fraction of sp³-hybridized carbons (Fsp3) is 0.333. The van der Waals surface area contributed by atoms with Crippen LogP contribution in [0.5, 0.6) is 0 Å². The Hall–Kier alpha value is -0.650. The summed E-state index contributed by atoms with van der Waals surface area (Å²) >= 11 is 13.0. The summed E-state index contributed by atoms with van der Waals surface area (Å²) in [6, 6.07) is 6.55. The van der Waals surface area contributed by atoms with Crippen LogP contribution in [-0.4, -0.2) is 32.5 Å². The van der Waals surface area contributed by atoms with Crippen molar-refractivity contribution in [2.24, 2.45) is 0 Å². The van der Waals surface area contributed by atoms with Crippen LogP contribution < -0.4 is 5.32 Å². The highest BCUT2D eigenvalue weighted by Gasteiger charge is 2.34. The maximum atomic E-state index is 5.61. The zero-order chi connectivity index (χ0) is 12.0. The number of thioether (sulfide) groups is 1. The largest absolute Gasteiger partial charge is 0.348 e. The third-order valence-electron chi connectivity index (χ3n) is 3.11. The van der Waals surface area contributed by atoms with E-state index in [4.69, 9.17) is 24.4 Å². The van der Waals surface area contributed by atoms with Gasteiger partial charge in [-0.2, -0.15) is 0 Å². The lowest BCUT2D eigenvalue weighted by atomic mass is 10.1. The van der Waals surface area contributed by atoms with E-state index in [1.807, 2.05) is 11.8 Å². The van der Waals surface area contributed by atoms with Gasteiger partial charge in [-0.1, -0.05) is 36.1 Å². The summed E-state index contributed by atoms with van der Waals surface area (Å²) in [6.07, 6.45) is 0. The first-order chi connectivity index (χ1) is 8.16. The van der Waals surface area contributed by atoms with E-state index in [-0.39, 0.29) is 6.04 Å². The molecule has 1 saturated heterocycles. The minimum absolute atomic E-state index is 0.259. The molecule has 5 heteroatoms. The van der Waals surface area contributed by atoms with Crippen LogP contribution in [0.15, 0.2) is 18.2 Å². The molecule has 0 radical (unpaired) electrons. The fourth-order valence-corrected chi connectivity index (χ4v) is 4.22. The van der Waals surface area contributed by atoms with Gasteiger partial charge in [-0.05, 0) is 19.1 Å². The Kier molecular flexibility index (Phi) is 2.84. The number of nitrogens with one attached hydrogen (secondary N) is 1. The van der Waals surface area contributed by atoms with Crippen LogP contribution in [0, 0.1) is 6.92 Å². The molecule has 1 atom stereocenters. The number of rotatable bonds is 0. The molecule has 0 unspecified atom stereocenters. The number of hydrogen-bond donors (Lipinski definition) is 1. The van der Waals surface area contributed by atoms with Gasteiger partial charge in [0.2, 0.25) is 0 Å². The van der Waals surface area contributed by atoms with Gasteiger partial charge in [0.25, 0.3) is 0 Å². The second-order valence-corrected chi connectivity index (χ2v) is 6.16. The van der Waals surface area contributed by atoms with Crippen molar-refractivity contribution in [3.8, 4) is 0 Å². The van der Waals surface area contributed by atoms with Crippen LogP contribution in [0.3, 0.4) is 0 Å². The maximum absolute atomic E-state index is 5.61. The summed E-state index contributed by atoms with van der Waals surface area (Å²) < 4.78 is 0. The molecule has 88 valence electrons. The summed E-state index contributed by atoms with van der Waals surface area (Å²) in [7, 11) is 0. The summed E-state index contributed by atoms with van der Waals surface area (Å²) in [5, 5.41) is 3.34. The molecule has 0 amide bonds. The van der Waals surface area contributed by atoms with Gasteiger partial charge in [0.15, 0.2) is 0 Å². The smallest absolute Gasteiger partial charge is 0.112 e. The number of thiocarbonyl (C=S) groups is 2. The molecule has 1 N–H and O–H groups in total. The molecule has 17 heavy (non-hydrogen) atoms. The third kappa shape index (κ3) is 1.86. The maximum Gasteiger partial charge on any atom is 0.112 e. The number of benzene rings is 1. The highest BCUT2D eigenvalue weighted by molar-refractivity contribution is 7.99. The average Bonchev–Trinajstić information content (AvgIpc) is 2.76. The predicted molar refractivity (Wildman–Crippen MR) is 82.1 cm³/mol. The molecule has 0 saturated carbocycles. The van der Waals surface area contributed by atoms with Gasteiger partial charge in [-0.25, -0.2) is 0 Å². The van der Waals surface area contributed by atoms with E-state index < -0.39 is 0 Å². The summed E-state index contributed by atoms with van der Waals surface area (Å²) in [5.41, 5.74) is 3.38. The van der Waals surface area contributed by atoms with Crippen LogP contribution in [0.2, 0.25) is 0 Å². The molecule has 2 nitrogen and oxygen atoms in total. The second kappa shape index (κ2) is 4.23. The average molecular weight is 280 g/mol. The third-order valence-corrected chi connectivity index (χ3v) is 4.95. The first-order valence-electron chi connectivity index (χ1n) is 5.47. The van der Waals surface area contributed by atoms with Gasteiger partial charge in [-0.15, -0.1) is 11.8 Å². The van der Waals surface area contributed by atoms with Gasteiger partial charge in [-0.3, -0.25) is 0 Å². The predicted octanol–water partition coefficient (Wildman–Crippen LogP) is 2.80. The molecule has 0 aromatic heterocycles. The minimum atomic E-state index is 0.259. The minimum Gasteiger partial charge on any atom is -0.348 e. The highest BCUT2D eigenvalue weighted by atomic mass is 32.2. The van der Waals surface area contributed by atoms with Gasteiger partial charge < -0.3 is 10.2 Å². The normalized spacial score (nSPS) is 22.9. The SMILES string of the molecule is Cc1ccc2c(c1)C(=S)N1CSC[C@H]1C(=S)N2. The van der Waals surface area contributed by atoms with Crippen molar-refractivity contribution in [2.75, 3.05) is 16.9 Å². The number of anilines is 1. The van der Waals surface area contributed by atoms with E-state index in [1.165, 1.54) is 5.56 Å². The van der Waals surface area contributed by atoms with E-state index >= 15 is 0 Å². The fourth-order valence-electron chi connectivity index (χ4n) is 2.17. The van der Waals surface area contributed by atoms with E-state index in [1.54, 1.807) is 0 Å². The zero-order valence-corrected chi connectivity index (χ0v) is 11.8. The molecular weight excluding hydrogens is 268 g/mol. The van der Waals surface area contributed by atoms with E-state index in [0.29, 0.717) is 0 Å². The Morgan fingerprint density at radius 2 is 2.24 bits per heavy atom. The molecule has 0 bridgehead atoms. The molecule has 3 rings (SSSR count). The van der Waals surface area contributed by atoms with Crippen LogP contribution in [0.25, 0.3) is 0 Å². The molecule has 1 aromatic carbocycles. The van der Waals surface area contributed by atoms with Gasteiger partial charge in [0.05, 0.1) is 11.9 Å². The lowest BCUT2D eigenvalue weighted by Crippen LogP contribution is -2.40. The molecule has 1 fully saturated rings. The Bertz CT molecular complexity index is 512. The first kappa shape index (κ1) is 11.4. The number of aryl methyl sites for hydroxylation is 1. The Balaban J connectivity index is 2.12. The summed E-state index contributed by atoms with van der Waals surface area (Å²) in [4.78, 5) is 4.05. The van der Waals surface area contributed by atoms with E-state index in [0.717, 1.165) is 32.9 Å². The molecule has 0 aliphatic carbocycles. The van der Waals surface area contributed by atoms with Crippen LogP contribution in [-0.2, 0) is 0 Å². The van der Waals surface area contributed by atoms with Crippen molar-refractivity contribution in [3.63, 3.8) is 0 Å². The van der Waals surface area contributed by atoms with Crippen molar-refractivity contribution in [1.29, 1.82) is 0 Å². The second-order valence-electron chi connectivity index (χ2n) is 4.33. The molecule has 2 aliphatic rings. The van der Waals surface area contributed by atoms with Gasteiger partial charge >= 0.3 is 0 Å². The standard InChI is InChI=1S/C12H12N2S3/c1-7-2-3-9-8(4-7)12(16)14-6-17-5-10(14)11(15)13-9/h2-4,10H,5-6H2,1H3,(H,13,15)/t10-/m0/s1. The van der Waals surface area contributed by atoms with Crippen LogP contribution in [0.4, 0.5) is 5.69 Å². The first-order valence-corrected chi connectivity index (χ1v) is 7.44. The van der Waals surface area contributed by atoms with Crippen molar-refractivity contribution < 1.29 is 0 Å². The van der Waals surface area contributed by atoms with Gasteiger partial charge in [0.1, 0.15) is 9.98 Å². The van der Waals surface area contributed by atoms with Gasteiger partial charge in [0, 0.05) is 17.0 Å². The molecule has 0 spiro atoms. The van der Waals surface area contributed by atoms with Crippen molar-refractivity contribution in [3.05, 3.63) is 29.3 Å². The number of fused-ring (bicyclic) bond motifs is 2. The monoisotopic (exact) mass is 280 g/mol. The summed E-state index contributed by atoms with van der Waals surface area (Å²) in [5.74, 6) is 1.97. The summed E-state index contributed by atoms with van der Waals surface area (Å²) in [6.45, 7) is 2.09. The molecule has 2 aliphatic heterocycles. The quantitative estimate of drug-likeness (QED) is 0.733. The number of nitrogens with zero attached hydrogens (tertiary/aromatic N) is 1. The Labute approximate surface area is 116 Å². The lowest BCUT2D eigenvalue weighted by Gasteiger charge is -2.23.